The lowest BCUT2D eigenvalue weighted by Crippen LogP contribution is -2.31. The van der Waals surface area contributed by atoms with E-state index in [0.29, 0.717) is 0 Å². The van der Waals surface area contributed by atoms with Crippen LogP contribution in [0.5, 0.6) is 0 Å². The first-order valence-electron chi connectivity index (χ1n) is 5.51. The van der Waals surface area contributed by atoms with Crippen molar-refractivity contribution in [1.29, 1.82) is 0 Å². The van der Waals surface area contributed by atoms with Crippen molar-refractivity contribution in [1.82, 2.24) is 5.32 Å². The van der Waals surface area contributed by atoms with Gasteiger partial charge in [0.25, 0.3) is 0 Å². The molecule has 1 rings (SSSR count). The van der Waals surface area contributed by atoms with Crippen LogP contribution in [0.15, 0.2) is 0 Å². The van der Waals surface area contributed by atoms with Crippen LogP contribution in [-0.4, -0.2) is 13.6 Å². The average Bonchev–Trinajstić information content (AvgIpc) is 2.00. The van der Waals surface area contributed by atoms with E-state index in [1.165, 1.54) is 45.1 Å². The van der Waals surface area contributed by atoms with Crippen LogP contribution >= 0.6 is 0 Å². The monoisotopic (exact) mass is 169 g/mol. The molecule has 0 saturated heterocycles. The van der Waals surface area contributed by atoms with Crippen LogP contribution in [0.4, 0.5) is 0 Å². The molecule has 1 fully saturated rings. The predicted octanol–water partition coefficient (Wildman–Crippen LogP) is 2.81. The highest BCUT2D eigenvalue weighted by Gasteiger charge is 2.27. The van der Waals surface area contributed by atoms with Gasteiger partial charge in [0, 0.05) is 0 Å². The Morgan fingerprint density at radius 3 is 2.50 bits per heavy atom. The highest BCUT2D eigenvalue weighted by Crippen LogP contribution is 2.36. The summed E-state index contributed by atoms with van der Waals surface area (Å²) < 4.78 is 0. The largest absolute Gasteiger partial charge is 0.319 e. The van der Waals surface area contributed by atoms with Crippen molar-refractivity contribution >= 4 is 0 Å². The first-order valence-corrected chi connectivity index (χ1v) is 5.51. The molecule has 1 N–H and O–H groups in total. The van der Waals surface area contributed by atoms with Gasteiger partial charge in [-0.3, -0.25) is 0 Å². The first kappa shape index (κ1) is 10.0. The average molecular weight is 169 g/mol. The predicted molar refractivity (Wildman–Crippen MR) is 54.3 cm³/mol. The zero-order chi connectivity index (χ0) is 8.81. The maximum Gasteiger partial charge on any atom is -0.00233 e. The topological polar surface area (TPSA) is 12.0 Å². The van der Waals surface area contributed by atoms with Gasteiger partial charge in [-0.25, -0.2) is 0 Å². The summed E-state index contributed by atoms with van der Waals surface area (Å²) in [4.78, 5) is 0. The van der Waals surface area contributed by atoms with Crippen molar-refractivity contribution in [2.75, 3.05) is 13.6 Å². The minimum atomic E-state index is 1.00. The Labute approximate surface area is 76.9 Å². The van der Waals surface area contributed by atoms with Crippen molar-refractivity contribution < 1.29 is 0 Å². The second kappa shape index (κ2) is 5.58. The van der Waals surface area contributed by atoms with Gasteiger partial charge in [-0.2, -0.15) is 0 Å². The Morgan fingerprint density at radius 2 is 1.92 bits per heavy atom. The van der Waals surface area contributed by atoms with E-state index in [-0.39, 0.29) is 0 Å². The number of hydrogen-bond donors (Lipinski definition) is 1. The first-order chi connectivity index (χ1) is 5.86. The van der Waals surface area contributed by atoms with Crippen LogP contribution in [0.2, 0.25) is 0 Å². The van der Waals surface area contributed by atoms with Gasteiger partial charge in [0.15, 0.2) is 0 Å². The van der Waals surface area contributed by atoms with Crippen molar-refractivity contribution in [2.45, 2.75) is 45.4 Å². The molecular formula is C11H23N. The van der Waals surface area contributed by atoms with Gasteiger partial charge in [0.2, 0.25) is 0 Å². The van der Waals surface area contributed by atoms with E-state index in [9.17, 15) is 0 Å². The van der Waals surface area contributed by atoms with E-state index in [2.05, 4.69) is 19.3 Å². The summed E-state index contributed by atoms with van der Waals surface area (Å²) in [7, 11) is 2.06. The highest BCUT2D eigenvalue weighted by molar-refractivity contribution is 4.80. The molecule has 1 saturated carbocycles. The van der Waals surface area contributed by atoms with Gasteiger partial charge in [0.1, 0.15) is 0 Å². The Kier molecular flexibility index (Phi) is 4.67. The molecular weight excluding hydrogens is 146 g/mol. The Bertz CT molecular complexity index is 103. The molecule has 0 spiro atoms. The van der Waals surface area contributed by atoms with Crippen molar-refractivity contribution in [3.05, 3.63) is 0 Å². The third-order valence-corrected chi connectivity index (χ3v) is 3.04. The maximum absolute atomic E-state index is 3.26. The second-order valence-electron chi connectivity index (χ2n) is 4.26. The summed E-state index contributed by atoms with van der Waals surface area (Å²) >= 11 is 0. The summed E-state index contributed by atoms with van der Waals surface area (Å²) in [6, 6.07) is 0. The zero-order valence-electron chi connectivity index (χ0n) is 8.60. The summed E-state index contributed by atoms with van der Waals surface area (Å²) in [6.07, 6.45) is 8.75. The van der Waals surface area contributed by atoms with Crippen molar-refractivity contribution in [3.63, 3.8) is 0 Å². The molecule has 0 amide bonds. The Balaban J connectivity index is 1.88. The normalized spacial score (nSPS) is 28.5. The standard InChI is InChI=1S/C11H23N/c1-3-4-5-6-10-7-11(8-10)9-12-2/h10-12H,3-9H2,1-2H3. The van der Waals surface area contributed by atoms with E-state index < -0.39 is 0 Å². The second-order valence-corrected chi connectivity index (χ2v) is 4.26. The Hall–Kier alpha value is -0.0400. The molecule has 1 heteroatoms. The third kappa shape index (κ3) is 3.14. The fourth-order valence-electron chi connectivity index (χ4n) is 2.25. The minimum absolute atomic E-state index is 1.00. The Morgan fingerprint density at radius 1 is 1.17 bits per heavy atom. The summed E-state index contributed by atoms with van der Waals surface area (Å²) in [6.45, 7) is 3.52. The quantitative estimate of drug-likeness (QED) is 0.603. The van der Waals surface area contributed by atoms with Crippen LogP contribution in [0, 0.1) is 11.8 Å². The fourth-order valence-corrected chi connectivity index (χ4v) is 2.25. The van der Waals surface area contributed by atoms with Gasteiger partial charge < -0.3 is 5.32 Å². The lowest BCUT2D eigenvalue weighted by Gasteiger charge is -2.35. The molecule has 0 bridgehead atoms. The van der Waals surface area contributed by atoms with Crippen molar-refractivity contribution in [2.24, 2.45) is 11.8 Å². The van der Waals surface area contributed by atoms with Crippen LogP contribution in [0.1, 0.15) is 45.4 Å². The van der Waals surface area contributed by atoms with Crippen LogP contribution < -0.4 is 5.32 Å². The molecule has 0 atom stereocenters. The molecule has 0 unspecified atom stereocenters. The molecule has 72 valence electrons. The maximum atomic E-state index is 3.26. The molecule has 0 aliphatic heterocycles. The summed E-state index contributed by atoms with van der Waals surface area (Å²) in [5, 5.41) is 3.26. The molecule has 1 aliphatic carbocycles. The fraction of sp³-hybridized carbons (Fsp3) is 1.00. The van der Waals surface area contributed by atoms with Crippen molar-refractivity contribution in [3.8, 4) is 0 Å². The SMILES string of the molecule is CCCCCC1CC(CNC)C1. The van der Waals surface area contributed by atoms with Gasteiger partial charge >= 0.3 is 0 Å². The van der Waals surface area contributed by atoms with Gasteiger partial charge in [-0.15, -0.1) is 0 Å². The smallest absolute Gasteiger partial charge is 0.00233 e. The van der Waals surface area contributed by atoms with Crippen LogP contribution in [0.25, 0.3) is 0 Å². The van der Waals surface area contributed by atoms with Gasteiger partial charge in [0.05, 0.1) is 0 Å². The van der Waals surface area contributed by atoms with E-state index in [1.807, 2.05) is 0 Å². The lowest BCUT2D eigenvalue weighted by atomic mass is 9.72. The molecule has 1 aliphatic rings. The van der Waals surface area contributed by atoms with Crippen LogP contribution in [-0.2, 0) is 0 Å². The van der Waals surface area contributed by atoms with E-state index in [1.54, 1.807) is 0 Å². The van der Waals surface area contributed by atoms with E-state index in [4.69, 9.17) is 0 Å². The highest BCUT2D eigenvalue weighted by atomic mass is 14.8. The van der Waals surface area contributed by atoms with Gasteiger partial charge in [-0.05, 0) is 38.3 Å². The molecule has 0 aromatic heterocycles. The molecule has 0 aromatic carbocycles. The third-order valence-electron chi connectivity index (χ3n) is 3.04. The van der Waals surface area contributed by atoms with Crippen LogP contribution in [0.3, 0.4) is 0 Å². The molecule has 0 aromatic rings. The zero-order valence-corrected chi connectivity index (χ0v) is 8.60. The molecule has 0 radical (unpaired) electrons. The molecule has 12 heavy (non-hydrogen) atoms. The summed E-state index contributed by atoms with van der Waals surface area (Å²) in [5.74, 6) is 2.08. The number of rotatable bonds is 6. The van der Waals surface area contributed by atoms with E-state index >= 15 is 0 Å². The van der Waals surface area contributed by atoms with Gasteiger partial charge in [-0.1, -0.05) is 32.6 Å². The van der Waals surface area contributed by atoms with E-state index in [0.717, 1.165) is 11.8 Å². The summed E-state index contributed by atoms with van der Waals surface area (Å²) in [5.41, 5.74) is 0. The number of unbranched alkanes of at least 4 members (excludes halogenated alkanes) is 2. The number of hydrogen-bond acceptors (Lipinski definition) is 1. The minimum Gasteiger partial charge on any atom is -0.319 e. The number of nitrogens with one attached hydrogen (secondary N) is 1. The molecule has 1 nitrogen and oxygen atoms in total. The lowest BCUT2D eigenvalue weighted by molar-refractivity contribution is 0.177. The molecule has 0 heterocycles.